The van der Waals surface area contributed by atoms with Gasteiger partial charge in [0.05, 0.1) is 32.6 Å². The molecule has 0 radical (unpaired) electrons. The number of benzene rings is 1. The first kappa shape index (κ1) is 17.6. The molecule has 2 aliphatic rings. The largest absolute Gasteiger partial charge is 0.496 e. The molecule has 146 valence electrons. The summed E-state index contributed by atoms with van der Waals surface area (Å²) in [5, 5.41) is 2.18. The zero-order valence-electron chi connectivity index (χ0n) is 15.8. The van der Waals surface area contributed by atoms with Crippen LogP contribution in [0.4, 0.5) is 0 Å². The highest BCUT2D eigenvalue weighted by atomic mass is 32.1. The van der Waals surface area contributed by atoms with Crippen molar-refractivity contribution in [2.45, 2.75) is 25.4 Å². The SMILES string of the molecule is COc1cc2c(cc1CN1CCc3sccc3C1c1ccco1)OCCCO2. The Morgan fingerprint density at radius 3 is 2.82 bits per heavy atom. The molecule has 0 saturated carbocycles. The molecule has 4 heterocycles. The Bertz CT molecular complexity index is 950. The van der Waals surface area contributed by atoms with E-state index in [4.69, 9.17) is 18.6 Å². The maximum absolute atomic E-state index is 5.90. The Hall–Kier alpha value is -2.44. The molecule has 5 rings (SSSR count). The molecular weight excluding hydrogens is 374 g/mol. The van der Waals surface area contributed by atoms with Gasteiger partial charge >= 0.3 is 0 Å². The van der Waals surface area contributed by atoms with Crippen molar-refractivity contribution in [3.8, 4) is 17.2 Å². The number of ether oxygens (including phenoxy) is 3. The topological polar surface area (TPSA) is 44.1 Å². The van der Waals surface area contributed by atoms with Crippen molar-refractivity contribution in [2.24, 2.45) is 0 Å². The van der Waals surface area contributed by atoms with Crippen LogP contribution >= 0.6 is 11.3 Å². The molecule has 0 aliphatic carbocycles. The van der Waals surface area contributed by atoms with Crippen molar-refractivity contribution in [3.05, 3.63) is 63.7 Å². The van der Waals surface area contributed by atoms with Crippen LogP contribution in [0.25, 0.3) is 0 Å². The van der Waals surface area contributed by atoms with Gasteiger partial charge in [-0.25, -0.2) is 0 Å². The molecule has 2 aromatic heterocycles. The van der Waals surface area contributed by atoms with Crippen molar-refractivity contribution in [2.75, 3.05) is 26.9 Å². The summed E-state index contributed by atoms with van der Waals surface area (Å²) in [6.45, 7) is 3.07. The number of hydrogen-bond donors (Lipinski definition) is 0. The quantitative estimate of drug-likeness (QED) is 0.641. The summed E-state index contributed by atoms with van der Waals surface area (Å²) in [5.74, 6) is 3.38. The lowest BCUT2D eigenvalue weighted by atomic mass is 9.97. The molecule has 0 bridgehead atoms. The molecule has 1 unspecified atom stereocenters. The predicted molar refractivity (Wildman–Crippen MR) is 108 cm³/mol. The molecule has 1 atom stereocenters. The molecule has 3 aromatic rings. The van der Waals surface area contributed by atoms with Crippen LogP contribution < -0.4 is 14.2 Å². The summed E-state index contributed by atoms with van der Waals surface area (Å²) in [6.07, 6.45) is 3.69. The van der Waals surface area contributed by atoms with Gasteiger partial charge in [0, 0.05) is 36.0 Å². The van der Waals surface area contributed by atoms with Crippen molar-refractivity contribution >= 4 is 11.3 Å². The van der Waals surface area contributed by atoms with E-state index in [2.05, 4.69) is 28.5 Å². The molecule has 0 amide bonds. The molecule has 2 aliphatic heterocycles. The third kappa shape index (κ3) is 3.16. The van der Waals surface area contributed by atoms with Gasteiger partial charge in [-0.15, -0.1) is 11.3 Å². The predicted octanol–water partition coefficient (Wildman–Crippen LogP) is 4.66. The maximum atomic E-state index is 5.90. The van der Waals surface area contributed by atoms with Gasteiger partial charge in [0.15, 0.2) is 11.5 Å². The van der Waals surface area contributed by atoms with E-state index in [1.54, 1.807) is 13.4 Å². The van der Waals surface area contributed by atoms with E-state index < -0.39 is 0 Å². The molecule has 6 heteroatoms. The van der Waals surface area contributed by atoms with Crippen LogP contribution in [0.2, 0.25) is 0 Å². The van der Waals surface area contributed by atoms with E-state index in [1.807, 2.05) is 23.5 Å². The average molecular weight is 397 g/mol. The summed E-state index contributed by atoms with van der Waals surface area (Å²) >= 11 is 1.83. The number of thiophene rings is 1. The summed E-state index contributed by atoms with van der Waals surface area (Å²) in [7, 11) is 1.71. The number of furan rings is 1. The number of hydrogen-bond acceptors (Lipinski definition) is 6. The fourth-order valence-corrected chi connectivity index (χ4v) is 4.99. The van der Waals surface area contributed by atoms with Gasteiger partial charge in [-0.2, -0.15) is 0 Å². The van der Waals surface area contributed by atoms with E-state index in [0.717, 1.165) is 54.5 Å². The lowest BCUT2D eigenvalue weighted by molar-refractivity contribution is 0.182. The van der Waals surface area contributed by atoms with Gasteiger partial charge in [0.25, 0.3) is 0 Å². The van der Waals surface area contributed by atoms with Crippen LogP contribution in [0.1, 0.15) is 34.2 Å². The first-order valence-electron chi connectivity index (χ1n) is 9.63. The molecular formula is C22H23NO4S. The third-order valence-corrected chi connectivity index (χ3v) is 6.40. The smallest absolute Gasteiger partial charge is 0.164 e. The first-order chi connectivity index (χ1) is 13.8. The van der Waals surface area contributed by atoms with E-state index >= 15 is 0 Å². The zero-order chi connectivity index (χ0) is 18.9. The van der Waals surface area contributed by atoms with Crippen LogP contribution in [0, 0.1) is 0 Å². The lowest BCUT2D eigenvalue weighted by Gasteiger charge is -2.35. The summed E-state index contributed by atoms with van der Waals surface area (Å²) in [5.41, 5.74) is 2.45. The van der Waals surface area contributed by atoms with E-state index in [0.29, 0.717) is 13.2 Å². The fraction of sp³-hybridized carbons (Fsp3) is 0.364. The Morgan fingerprint density at radius 1 is 1.18 bits per heavy atom. The molecule has 1 aromatic carbocycles. The highest BCUT2D eigenvalue weighted by Gasteiger charge is 2.32. The molecule has 0 saturated heterocycles. The molecule has 28 heavy (non-hydrogen) atoms. The van der Waals surface area contributed by atoms with Crippen LogP contribution in [-0.4, -0.2) is 31.8 Å². The van der Waals surface area contributed by atoms with E-state index in [9.17, 15) is 0 Å². The summed E-state index contributed by atoms with van der Waals surface area (Å²) in [4.78, 5) is 3.90. The second-order valence-electron chi connectivity index (χ2n) is 7.10. The third-order valence-electron chi connectivity index (χ3n) is 5.40. The lowest BCUT2D eigenvalue weighted by Crippen LogP contribution is -2.34. The number of nitrogens with zero attached hydrogens (tertiary/aromatic N) is 1. The average Bonchev–Trinajstić information content (AvgIpc) is 3.36. The second kappa shape index (κ2) is 7.53. The first-order valence-corrected chi connectivity index (χ1v) is 10.5. The normalized spacial score (nSPS) is 19.1. The Labute approximate surface area is 168 Å². The zero-order valence-corrected chi connectivity index (χ0v) is 16.7. The monoisotopic (exact) mass is 397 g/mol. The minimum atomic E-state index is 0.116. The van der Waals surface area contributed by atoms with E-state index in [-0.39, 0.29) is 6.04 Å². The molecule has 5 nitrogen and oxygen atoms in total. The van der Waals surface area contributed by atoms with Gasteiger partial charge in [-0.1, -0.05) is 0 Å². The van der Waals surface area contributed by atoms with E-state index in [1.165, 1.54) is 10.4 Å². The highest BCUT2D eigenvalue weighted by molar-refractivity contribution is 7.10. The van der Waals surface area contributed by atoms with Gasteiger partial charge in [-0.3, -0.25) is 4.90 Å². The standard InChI is InChI=1S/C22H23NO4S/c1-24-18-13-20-19(26-9-3-10-27-20)12-15(18)14-23-7-5-21-16(6-11-28-21)22(23)17-4-2-8-25-17/h2,4,6,8,11-13,22H,3,5,7,9-10,14H2,1H3. The van der Waals surface area contributed by atoms with Crippen molar-refractivity contribution in [1.82, 2.24) is 4.90 Å². The highest BCUT2D eigenvalue weighted by Crippen LogP contribution is 2.41. The minimum absolute atomic E-state index is 0.116. The summed E-state index contributed by atoms with van der Waals surface area (Å²) in [6, 6.07) is 10.4. The minimum Gasteiger partial charge on any atom is -0.496 e. The van der Waals surface area contributed by atoms with Crippen molar-refractivity contribution in [3.63, 3.8) is 0 Å². The van der Waals surface area contributed by atoms with Crippen LogP contribution in [0.3, 0.4) is 0 Å². The Balaban J connectivity index is 1.50. The van der Waals surface area contributed by atoms with Crippen LogP contribution in [0.15, 0.2) is 46.4 Å². The Kier molecular flexibility index (Phi) is 4.74. The molecule has 0 spiro atoms. The number of rotatable bonds is 4. The van der Waals surface area contributed by atoms with Crippen molar-refractivity contribution < 1.29 is 18.6 Å². The van der Waals surface area contributed by atoms with Gasteiger partial charge in [0.1, 0.15) is 11.5 Å². The molecule has 0 N–H and O–H groups in total. The van der Waals surface area contributed by atoms with Crippen LogP contribution in [-0.2, 0) is 13.0 Å². The second-order valence-corrected chi connectivity index (χ2v) is 8.10. The van der Waals surface area contributed by atoms with Crippen molar-refractivity contribution in [1.29, 1.82) is 0 Å². The fourth-order valence-electron chi connectivity index (χ4n) is 4.08. The van der Waals surface area contributed by atoms with Crippen LogP contribution in [0.5, 0.6) is 17.2 Å². The van der Waals surface area contributed by atoms with Gasteiger partial charge in [0.2, 0.25) is 0 Å². The maximum Gasteiger partial charge on any atom is 0.164 e. The number of fused-ring (bicyclic) bond motifs is 2. The number of methoxy groups -OCH3 is 1. The Morgan fingerprint density at radius 2 is 2.04 bits per heavy atom. The van der Waals surface area contributed by atoms with Gasteiger partial charge < -0.3 is 18.6 Å². The van der Waals surface area contributed by atoms with Gasteiger partial charge in [-0.05, 0) is 41.6 Å². The summed E-state index contributed by atoms with van der Waals surface area (Å²) < 4.78 is 23.2. The molecule has 0 fully saturated rings.